The number of amides is 2. The van der Waals surface area contributed by atoms with E-state index in [1.165, 1.54) is 12.1 Å². The van der Waals surface area contributed by atoms with Gasteiger partial charge < -0.3 is 5.32 Å². The number of benzene rings is 3. The highest BCUT2D eigenvalue weighted by Crippen LogP contribution is 2.27. The molecule has 0 aliphatic rings. The SMILES string of the molecule is Cc1ccc(C(=O)NCc2cc(-c3cccc(-c4cccc(C(=O)NS(C)(=O)=O)c4)c3)ccn2)cc1S(C)(=O)=O. The van der Waals surface area contributed by atoms with Crippen LogP contribution < -0.4 is 10.0 Å². The van der Waals surface area contributed by atoms with Gasteiger partial charge in [0.1, 0.15) is 0 Å². The van der Waals surface area contributed by atoms with Crippen LogP contribution in [0.1, 0.15) is 32.0 Å². The molecule has 0 saturated heterocycles. The number of sulfonamides is 1. The Kier molecular flexibility index (Phi) is 8.17. The Balaban J connectivity index is 1.52. The standard InChI is InChI=1S/C29H27N3O6S2/c1-19-10-11-25(17-27(19)39(2,35)36)28(33)31-18-26-16-23(12-13-30-26)21-7-4-6-20(14-21)22-8-5-9-24(15-22)29(34)32-40(3,37)38/h4-17H,18H2,1-3H3,(H,31,33)(H,32,34). The third kappa shape index (κ3) is 7.19. The van der Waals surface area contributed by atoms with Gasteiger partial charge in [0.15, 0.2) is 9.84 Å². The summed E-state index contributed by atoms with van der Waals surface area (Å²) in [6, 6.07) is 22.5. The van der Waals surface area contributed by atoms with E-state index in [0.29, 0.717) is 11.3 Å². The summed E-state index contributed by atoms with van der Waals surface area (Å²) in [7, 11) is -7.15. The fourth-order valence-electron chi connectivity index (χ4n) is 4.11. The quantitative estimate of drug-likeness (QED) is 0.325. The van der Waals surface area contributed by atoms with Crippen LogP contribution in [0.2, 0.25) is 0 Å². The molecule has 2 N–H and O–H groups in total. The summed E-state index contributed by atoms with van der Waals surface area (Å²) >= 11 is 0. The molecule has 0 atom stereocenters. The van der Waals surface area contributed by atoms with Crippen LogP contribution in [-0.4, -0.2) is 46.1 Å². The van der Waals surface area contributed by atoms with Gasteiger partial charge in [-0.05, 0) is 77.2 Å². The second-order valence-corrected chi connectivity index (χ2v) is 13.1. The second kappa shape index (κ2) is 11.4. The largest absolute Gasteiger partial charge is 0.346 e. The number of nitrogens with zero attached hydrogens (tertiary/aromatic N) is 1. The summed E-state index contributed by atoms with van der Waals surface area (Å²) in [4.78, 5) is 29.5. The molecule has 0 bridgehead atoms. The predicted molar refractivity (Wildman–Crippen MR) is 153 cm³/mol. The molecule has 4 rings (SSSR count). The number of aromatic nitrogens is 1. The molecule has 1 heterocycles. The lowest BCUT2D eigenvalue weighted by molar-refractivity contribution is 0.0948. The van der Waals surface area contributed by atoms with Gasteiger partial charge in [-0.2, -0.15) is 0 Å². The van der Waals surface area contributed by atoms with Gasteiger partial charge in [0.05, 0.1) is 23.4 Å². The van der Waals surface area contributed by atoms with Crippen molar-refractivity contribution in [2.45, 2.75) is 18.4 Å². The van der Waals surface area contributed by atoms with E-state index < -0.39 is 31.7 Å². The number of pyridine rings is 1. The summed E-state index contributed by atoms with van der Waals surface area (Å²) in [5, 5.41) is 2.79. The maximum absolute atomic E-state index is 12.7. The van der Waals surface area contributed by atoms with Crippen LogP contribution in [0, 0.1) is 6.92 Å². The van der Waals surface area contributed by atoms with Crippen molar-refractivity contribution < 1.29 is 26.4 Å². The molecule has 2 amide bonds. The monoisotopic (exact) mass is 577 g/mol. The first-order chi connectivity index (χ1) is 18.8. The van der Waals surface area contributed by atoms with Gasteiger partial charge in [-0.15, -0.1) is 0 Å². The number of hydrogen-bond donors (Lipinski definition) is 2. The van der Waals surface area contributed by atoms with Gasteiger partial charge in [-0.1, -0.05) is 36.4 Å². The van der Waals surface area contributed by atoms with E-state index in [-0.39, 0.29) is 22.6 Å². The van der Waals surface area contributed by atoms with E-state index in [4.69, 9.17) is 0 Å². The average Bonchev–Trinajstić information content (AvgIpc) is 2.91. The van der Waals surface area contributed by atoms with Gasteiger partial charge in [0.2, 0.25) is 10.0 Å². The molecule has 40 heavy (non-hydrogen) atoms. The van der Waals surface area contributed by atoms with Crippen LogP contribution in [0.25, 0.3) is 22.3 Å². The van der Waals surface area contributed by atoms with Crippen molar-refractivity contribution in [2.75, 3.05) is 12.5 Å². The number of carbonyl (C=O) groups excluding carboxylic acids is 2. The molecule has 11 heteroatoms. The molecular formula is C29H27N3O6S2. The highest BCUT2D eigenvalue weighted by Gasteiger charge is 2.15. The van der Waals surface area contributed by atoms with Gasteiger partial charge >= 0.3 is 0 Å². The molecule has 0 unspecified atom stereocenters. The van der Waals surface area contributed by atoms with E-state index >= 15 is 0 Å². The Morgan fingerprint density at radius 3 is 1.98 bits per heavy atom. The highest BCUT2D eigenvalue weighted by molar-refractivity contribution is 7.90. The minimum Gasteiger partial charge on any atom is -0.346 e. The van der Waals surface area contributed by atoms with E-state index in [0.717, 1.165) is 34.8 Å². The molecule has 3 aromatic carbocycles. The fraction of sp³-hybridized carbons (Fsp3) is 0.138. The van der Waals surface area contributed by atoms with Crippen molar-refractivity contribution in [2.24, 2.45) is 0 Å². The molecule has 4 aromatic rings. The number of rotatable bonds is 8. The molecule has 206 valence electrons. The third-order valence-electron chi connectivity index (χ3n) is 6.03. The molecule has 0 fully saturated rings. The summed E-state index contributed by atoms with van der Waals surface area (Å²) in [6.45, 7) is 1.81. The average molecular weight is 578 g/mol. The van der Waals surface area contributed by atoms with Crippen molar-refractivity contribution in [1.82, 2.24) is 15.0 Å². The number of aryl methyl sites for hydroxylation is 1. The number of carbonyl (C=O) groups is 2. The summed E-state index contributed by atoms with van der Waals surface area (Å²) in [6.07, 6.45) is 3.66. The lowest BCUT2D eigenvalue weighted by Gasteiger charge is -2.10. The van der Waals surface area contributed by atoms with Crippen molar-refractivity contribution in [3.05, 3.63) is 107 Å². The van der Waals surface area contributed by atoms with Crippen LogP contribution in [0.4, 0.5) is 0 Å². The van der Waals surface area contributed by atoms with Crippen molar-refractivity contribution in [3.63, 3.8) is 0 Å². The van der Waals surface area contributed by atoms with Crippen molar-refractivity contribution in [3.8, 4) is 22.3 Å². The zero-order valence-electron chi connectivity index (χ0n) is 22.0. The fourth-order valence-corrected chi connectivity index (χ4v) is 5.56. The predicted octanol–water partition coefficient (Wildman–Crippen LogP) is 3.75. The van der Waals surface area contributed by atoms with E-state index in [1.807, 2.05) is 47.2 Å². The number of nitrogens with one attached hydrogen (secondary N) is 2. The lowest BCUT2D eigenvalue weighted by Crippen LogP contribution is -2.29. The highest BCUT2D eigenvalue weighted by atomic mass is 32.2. The Morgan fingerprint density at radius 2 is 1.32 bits per heavy atom. The minimum atomic E-state index is -3.69. The molecule has 0 saturated carbocycles. The molecule has 1 aromatic heterocycles. The van der Waals surface area contributed by atoms with Crippen LogP contribution in [0.3, 0.4) is 0 Å². The Morgan fingerprint density at radius 1 is 0.725 bits per heavy atom. The minimum absolute atomic E-state index is 0.113. The molecular weight excluding hydrogens is 550 g/mol. The van der Waals surface area contributed by atoms with Crippen LogP contribution >= 0.6 is 0 Å². The molecule has 0 radical (unpaired) electrons. The molecule has 9 nitrogen and oxygen atoms in total. The van der Waals surface area contributed by atoms with Crippen LogP contribution in [0.15, 0.2) is 90.0 Å². The van der Waals surface area contributed by atoms with Crippen LogP contribution in [0.5, 0.6) is 0 Å². The molecule has 0 aliphatic heterocycles. The Hall–Kier alpha value is -4.35. The third-order valence-corrected chi connectivity index (χ3v) is 7.82. The lowest BCUT2D eigenvalue weighted by atomic mass is 9.98. The van der Waals surface area contributed by atoms with Gasteiger partial charge in [-0.3, -0.25) is 14.6 Å². The molecule has 0 aliphatic carbocycles. The molecule has 0 spiro atoms. The van der Waals surface area contributed by atoms with Crippen molar-refractivity contribution in [1.29, 1.82) is 0 Å². The Labute approximate surface area is 233 Å². The summed E-state index contributed by atoms with van der Waals surface area (Å²) in [5.41, 5.74) is 4.90. The van der Waals surface area contributed by atoms with E-state index in [1.54, 1.807) is 37.4 Å². The smallest absolute Gasteiger partial charge is 0.264 e. The summed E-state index contributed by atoms with van der Waals surface area (Å²) < 4.78 is 48.9. The van der Waals surface area contributed by atoms with Crippen LogP contribution in [-0.2, 0) is 26.4 Å². The normalized spacial score (nSPS) is 11.6. The first-order valence-electron chi connectivity index (χ1n) is 12.1. The maximum Gasteiger partial charge on any atom is 0.264 e. The van der Waals surface area contributed by atoms with E-state index in [2.05, 4.69) is 10.3 Å². The van der Waals surface area contributed by atoms with Crippen molar-refractivity contribution >= 4 is 31.7 Å². The zero-order chi connectivity index (χ0) is 29.1. The van der Waals surface area contributed by atoms with E-state index in [9.17, 15) is 26.4 Å². The zero-order valence-corrected chi connectivity index (χ0v) is 23.6. The first-order valence-corrected chi connectivity index (χ1v) is 15.9. The Bertz CT molecular complexity index is 1830. The van der Waals surface area contributed by atoms with Gasteiger partial charge in [0.25, 0.3) is 11.8 Å². The van der Waals surface area contributed by atoms with Gasteiger partial charge in [-0.25, -0.2) is 21.6 Å². The number of sulfone groups is 1. The second-order valence-electron chi connectivity index (χ2n) is 9.34. The maximum atomic E-state index is 12.7. The topological polar surface area (TPSA) is 139 Å². The summed E-state index contributed by atoms with van der Waals surface area (Å²) in [5.74, 6) is -1.13. The van der Waals surface area contributed by atoms with Gasteiger partial charge in [0, 0.05) is 23.6 Å². The first kappa shape index (κ1) is 28.7. The number of hydrogen-bond acceptors (Lipinski definition) is 7.